The molecule has 0 saturated heterocycles. The summed E-state index contributed by atoms with van der Waals surface area (Å²) >= 11 is 8.08. The molecule has 1 atom stereocenters. The molecule has 0 spiro atoms. The smallest absolute Gasteiger partial charge is 0.303 e. The minimum Gasteiger partial charge on any atom is -0.481 e. The van der Waals surface area contributed by atoms with Crippen molar-refractivity contribution in [2.75, 3.05) is 5.75 Å². The van der Waals surface area contributed by atoms with E-state index >= 15 is 0 Å². The van der Waals surface area contributed by atoms with Crippen LogP contribution in [0.2, 0.25) is 5.02 Å². The summed E-state index contributed by atoms with van der Waals surface area (Å²) < 4.78 is -0.515. The van der Waals surface area contributed by atoms with E-state index in [1.54, 1.807) is 0 Å². The summed E-state index contributed by atoms with van der Waals surface area (Å²) in [6, 6.07) is 26.8. The fourth-order valence-electron chi connectivity index (χ4n) is 5.81. The summed E-state index contributed by atoms with van der Waals surface area (Å²) in [5.41, 5.74) is 6.78. The molecule has 0 aliphatic heterocycles. The van der Waals surface area contributed by atoms with Crippen molar-refractivity contribution < 1.29 is 9.90 Å². The molecule has 1 aliphatic rings. The van der Waals surface area contributed by atoms with Gasteiger partial charge in [0.2, 0.25) is 0 Å². The Morgan fingerprint density at radius 2 is 1.85 bits per heavy atom. The third-order valence-electron chi connectivity index (χ3n) is 7.79. The van der Waals surface area contributed by atoms with Gasteiger partial charge in [-0.2, -0.15) is 0 Å². The number of rotatable bonds is 11. The molecule has 1 unspecified atom stereocenters. The Kier molecular flexibility index (Phi) is 8.21. The highest BCUT2D eigenvalue weighted by molar-refractivity contribution is 8.00. The number of carboxylic acids is 1. The monoisotopic (exact) mass is 567 g/mol. The molecule has 1 aliphatic carbocycles. The van der Waals surface area contributed by atoms with Crippen LogP contribution < -0.4 is 0 Å². The van der Waals surface area contributed by atoms with Crippen LogP contribution >= 0.6 is 23.4 Å². The van der Waals surface area contributed by atoms with E-state index in [0.29, 0.717) is 5.02 Å². The second-order valence-electron chi connectivity index (χ2n) is 10.7. The van der Waals surface area contributed by atoms with Gasteiger partial charge in [0.05, 0.1) is 22.4 Å². The van der Waals surface area contributed by atoms with Crippen molar-refractivity contribution >= 4 is 58.0 Å². The van der Waals surface area contributed by atoms with Gasteiger partial charge in [-0.1, -0.05) is 91.4 Å². The molecule has 1 fully saturated rings. The predicted molar refractivity (Wildman–Crippen MR) is 171 cm³/mol. The molecule has 5 heteroatoms. The molecule has 1 N–H and O–H groups in total. The van der Waals surface area contributed by atoms with E-state index in [4.69, 9.17) is 16.6 Å². The van der Waals surface area contributed by atoms with E-state index in [9.17, 15) is 9.90 Å². The van der Waals surface area contributed by atoms with Gasteiger partial charge >= 0.3 is 5.97 Å². The van der Waals surface area contributed by atoms with Crippen molar-refractivity contribution in [2.45, 2.75) is 44.3 Å². The molecule has 3 aromatic carbocycles. The van der Waals surface area contributed by atoms with Crippen molar-refractivity contribution in [1.82, 2.24) is 4.98 Å². The topological polar surface area (TPSA) is 50.2 Å². The molecule has 0 radical (unpaired) electrons. The maximum Gasteiger partial charge on any atom is 0.303 e. The predicted octanol–water partition coefficient (Wildman–Crippen LogP) is 9.73. The third kappa shape index (κ3) is 5.48. The van der Waals surface area contributed by atoms with Gasteiger partial charge < -0.3 is 5.11 Å². The SMILES string of the molecule is C=C(C)c1ccccc1C(SCCC)(c1cccc(C=Cc2ccc3ccc(Cl)cc3n2)c1)C1(CC(=O)O)CC1. The van der Waals surface area contributed by atoms with Crippen LogP contribution in [0.15, 0.2) is 85.4 Å². The number of fused-ring (bicyclic) bond motifs is 1. The van der Waals surface area contributed by atoms with Crippen LogP contribution in [0.5, 0.6) is 0 Å². The lowest BCUT2D eigenvalue weighted by atomic mass is 9.73. The zero-order valence-electron chi connectivity index (χ0n) is 23.0. The van der Waals surface area contributed by atoms with E-state index in [1.165, 1.54) is 0 Å². The first-order valence-electron chi connectivity index (χ1n) is 13.7. The number of allylic oxidation sites excluding steroid dienone is 1. The average Bonchev–Trinajstić information content (AvgIpc) is 3.72. The Morgan fingerprint density at radius 3 is 2.58 bits per heavy atom. The normalized spacial score (nSPS) is 15.7. The molecule has 1 heterocycles. The van der Waals surface area contributed by atoms with Crippen LogP contribution in [0.1, 0.15) is 67.5 Å². The van der Waals surface area contributed by atoms with Crippen LogP contribution in [0.25, 0.3) is 28.6 Å². The first kappa shape index (κ1) is 28.2. The van der Waals surface area contributed by atoms with Crippen LogP contribution in [0, 0.1) is 5.41 Å². The van der Waals surface area contributed by atoms with Crippen LogP contribution in [0.4, 0.5) is 0 Å². The number of hydrogen-bond donors (Lipinski definition) is 1. The van der Waals surface area contributed by atoms with Gasteiger partial charge in [0, 0.05) is 15.8 Å². The maximum absolute atomic E-state index is 12.2. The zero-order valence-corrected chi connectivity index (χ0v) is 24.6. The van der Waals surface area contributed by atoms with Crippen molar-refractivity contribution in [3.63, 3.8) is 0 Å². The number of thioether (sulfide) groups is 1. The number of carboxylic acid groups (broad SMARTS) is 1. The Morgan fingerprint density at radius 1 is 1.07 bits per heavy atom. The van der Waals surface area contributed by atoms with E-state index < -0.39 is 10.7 Å². The van der Waals surface area contributed by atoms with Crippen molar-refractivity contribution in [2.24, 2.45) is 5.41 Å². The van der Waals surface area contributed by atoms with E-state index in [1.807, 2.05) is 55.1 Å². The molecule has 0 amide bonds. The molecule has 204 valence electrons. The second kappa shape index (κ2) is 11.6. The highest BCUT2D eigenvalue weighted by Crippen LogP contribution is 2.69. The van der Waals surface area contributed by atoms with Crippen molar-refractivity contribution in [3.05, 3.63) is 118 Å². The molecule has 4 aromatic rings. The minimum atomic E-state index is -0.745. The van der Waals surface area contributed by atoms with Crippen LogP contribution in [0.3, 0.4) is 0 Å². The van der Waals surface area contributed by atoms with Crippen molar-refractivity contribution in [1.29, 1.82) is 0 Å². The zero-order chi connectivity index (χ0) is 28.3. The second-order valence-corrected chi connectivity index (χ2v) is 12.5. The van der Waals surface area contributed by atoms with Gasteiger partial charge in [0.15, 0.2) is 0 Å². The minimum absolute atomic E-state index is 0.137. The van der Waals surface area contributed by atoms with Gasteiger partial charge in [-0.15, -0.1) is 11.8 Å². The number of carbonyl (C=O) groups is 1. The molecule has 5 rings (SSSR count). The number of benzene rings is 3. The largest absolute Gasteiger partial charge is 0.481 e. The molecular weight excluding hydrogens is 534 g/mol. The van der Waals surface area contributed by atoms with E-state index in [-0.39, 0.29) is 11.8 Å². The summed E-state index contributed by atoms with van der Waals surface area (Å²) in [7, 11) is 0. The van der Waals surface area contributed by atoms with Crippen molar-refractivity contribution in [3.8, 4) is 0 Å². The number of aromatic nitrogens is 1. The molecule has 3 nitrogen and oxygen atoms in total. The van der Waals surface area contributed by atoms with E-state index in [2.05, 4.69) is 68.1 Å². The van der Waals surface area contributed by atoms with Crippen LogP contribution in [-0.2, 0) is 9.54 Å². The van der Waals surface area contributed by atoms with Gasteiger partial charge in [-0.3, -0.25) is 4.79 Å². The molecular formula is C35H34ClNO2S. The lowest BCUT2D eigenvalue weighted by Gasteiger charge is -2.43. The number of nitrogens with zero attached hydrogens (tertiary/aromatic N) is 1. The molecule has 1 saturated carbocycles. The fourth-order valence-corrected chi connectivity index (χ4v) is 7.70. The Bertz CT molecular complexity index is 1610. The van der Waals surface area contributed by atoms with E-state index in [0.717, 1.165) is 69.4 Å². The Labute approximate surface area is 246 Å². The molecule has 1 aromatic heterocycles. The average molecular weight is 568 g/mol. The Hall–Kier alpha value is -3.34. The third-order valence-corrected chi connectivity index (χ3v) is 9.96. The lowest BCUT2D eigenvalue weighted by Crippen LogP contribution is -2.38. The molecule has 0 bridgehead atoms. The summed E-state index contributed by atoms with van der Waals surface area (Å²) in [4.78, 5) is 17.0. The number of halogens is 1. The quantitative estimate of drug-likeness (QED) is 0.196. The Balaban J connectivity index is 1.64. The summed E-state index contributed by atoms with van der Waals surface area (Å²) in [5, 5.41) is 11.8. The van der Waals surface area contributed by atoms with Gasteiger partial charge in [0.25, 0.3) is 0 Å². The summed E-state index contributed by atoms with van der Waals surface area (Å²) in [6.45, 7) is 8.51. The first-order valence-corrected chi connectivity index (χ1v) is 15.1. The summed E-state index contributed by atoms with van der Waals surface area (Å²) in [5.74, 6) is 0.181. The number of aliphatic carboxylic acids is 1. The van der Waals surface area contributed by atoms with Gasteiger partial charge in [-0.05, 0) is 84.5 Å². The number of pyridine rings is 1. The molecule has 40 heavy (non-hydrogen) atoms. The van der Waals surface area contributed by atoms with Gasteiger partial charge in [-0.25, -0.2) is 4.98 Å². The summed E-state index contributed by atoms with van der Waals surface area (Å²) in [6.07, 6.45) is 7.00. The highest BCUT2D eigenvalue weighted by atomic mass is 35.5. The van der Waals surface area contributed by atoms with Gasteiger partial charge in [0.1, 0.15) is 0 Å². The maximum atomic E-state index is 12.2. The fraction of sp³-hybridized carbons (Fsp3) is 0.257. The lowest BCUT2D eigenvalue weighted by molar-refractivity contribution is -0.138. The standard InChI is InChI=1S/C35H34ClNO2S/c1-4-20-40-35(34(18-19-34)23-33(38)39,31-11-6-5-10-30(31)24(2)3)27-9-7-8-25(21-27)12-16-29-17-14-26-13-15-28(36)22-32(26)37-29/h5-17,21-22H,2,4,18-20,23H2,1,3H3,(H,38,39). The first-order chi connectivity index (χ1) is 19.3. The highest BCUT2D eigenvalue weighted by Gasteiger charge is 2.62. The number of hydrogen-bond acceptors (Lipinski definition) is 3. The van der Waals surface area contributed by atoms with Crippen LogP contribution in [-0.4, -0.2) is 21.8 Å².